The first-order chi connectivity index (χ1) is 15.7. The summed E-state index contributed by atoms with van der Waals surface area (Å²) in [5, 5.41) is 0. The van der Waals surface area contributed by atoms with Gasteiger partial charge in [0.2, 0.25) is 9.84 Å². The quantitative estimate of drug-likeness (QED) is 0.236. The van der Waals surface area contributed by atoms with Gasteiger partial charge < -0.3 is 9.47 Å². The van der Waals surface area contributed by atoms with Gasteiger partial charge in [-0.15, -0.1) is 0 Å². The minimum atomic E-state index is -3.79. The molecule has 0 aliphatic rings. The summed E-state index contributed by atoms with van der Waals surface area (Å²) < 4.78 is 36.2. The molecule has 6 nitrogen and oxygen atoms in total. The second-order valence-electron chi connectivity index (χ2n) is 10.3. The first-order valence-electron chi connectivity index (χ1n) is 11.0. The molecule has 0 N–H and O–H groups in total. The molecular weight excluding hydrogens is 600 g/mol. The SMILES string of the molecule is CC(C)(Br)C(=O)OC(C)(C)c1ccc(S(=O)(=O)c2ccc(OC(C)(C)C(=O)C(C)(C)Br)cc2)cc1. The van der Waals surface area contributed by atoms with Crippen LogP contribution in [0.4, 0.5) is 0 Å². The topological polar surface area (TPSA) is 86.7 Å². The van der Waals surface area contributed by atoms with Crippen LogP contribution in [0.25, 0.3) is 0 Å². The van der Waals surface area contributed by atoms with E-state index in [1.807, 2.05) is 0 Å². The summed E-state index contributed by atoms with van der Waals surface area (Å²) in [6.07, 6.45) is 0. The van der Waals surface area contributed by atoms with E-state index in [2.05, 4.69) is 31.9 Å². The van der Waals surface area contributed by atoms with E-state index in [9.17, 15) is 18.0 Å². The molecule has 0 spiro atoms. The van der Waals surface area contributed by atoms with Gasteiger partial charge in [0, 0.05) is 0 Å². The summed E-state index contributed by atoms with van der Waals surface area (Å²) in [6.45, 7) is 13.7. The fourth-order valence-corrected chi connectivity index (χ4v) is 5.15. The highest BCUT2D eigenvalue weighted by Crippen LogP contribution is 2.32. The fraction of sp³-hybridized carbons (Fsp3) is 0.462. The molecule has 2 rings (SSSR count). The fourth-order valence-electron chi connectivity index (χ4n) is 3.33. The summed E-state index contributed by atoms with van der Waals surface area (Å²) in [7, 11) is -3.79. The first kappa shape index (κ1) is 29.5. The van der Waals surface area contributed by atoms with Crippen molar-refractivity contribution in [3.8, 4) is 5.75 Å². The van der Waals surface area contributed by atoms with E-state index in [-0.39, 0.29) is 15.6 Å². The molecule has 2 aromatic rings. The average Bonchev–Trinajstić information content (AvgIpc) is 2.71. The molecule has 0 atom stereocenters. The molecule has 0 aliphatic heterocycles. The molecule has 0 radical (unpaired) electrons. The molecule has 9 heteroatoms. The largest absolute Gasteiger partial charge is 0.480 e. The maximum Gasteiger partial charge on any atom is 0.323 e. The van der Waals surface area contributed by atoms with Gasteiger partial charge in [-0.1, -0.05) is 44.0 Å². The normalized spacial score (nSPS) is 13.3. The number of Topliss-reactive ketones (excluding diaryl/α,β-unsaturated/α-hetero) is 1. The Labute approximate surface area is 225 Å². The lowest BCUT2D eigenvalue weighted by atomic mass is 9.94. The predicted molar refractivity (Wildman–Crippen MR) is 143 cm³/mol. The summed E-state index contributed by atoms with van der Waals surface area (Å²) in [6, 6.07) is 12.2. The maximum atomic E-state index is 13.1. The minimum Gasteiger partial charge on any atom is -0.480 e. The molecule has 0 amide bonds. The van der Waals surface area contributed by atoms with Crippen LogP contribution in [0.1, 0.15) is 61.0 Å². The zero-order valence-corrected chi connectivity index (χ0v) is 25.2. The number of carbonyl (C=O) groups excluding carboxylic acids is 2. The highest BCUT2D eigenvalue weighted by Gasteiger charge is 2.39. The summed E-state index contributed by atoms with van der Waals surface area (Å²) >= 11 is 6.65. The van der Waals surface area contributed by atoms with E-state index in [0.717, 1.165) is 0 Å². The van der Waals surface area contributed by atoms with Crippen LogP contribution in [0.5, 0.6) is 5.75 Å². The second kappa shape index (κ2) is 9.98. The number of hydrogen-bond acceptors (Lipinski definition) is 6. The molecule has 0 fully saturated rings. The Hall–Kier alpha value is -1.71. The lowest BCUT2D eigenvalue weighted by Crippen LogP contribution is -2.46. The van der Waals surface area contributed by atoms with Crippen molar-refractivity contribution in [1.82, 2.24) is 0 Å². The molecule has 0 heterocycles. The monoisotopic (exact) mass is 630 g/mol. The van der Waals surface area contributed by atoms with Gasteiger partial charge in [0.25, 0.3) is 0 Å². The number of esters is 1. The second-order valence-corrected chi connectivity index (χ2v) is 16.2. The van der Waals surface area contributed by atoms with Crippen molar-refractivity contribution in [2.75, 3.05) is 0 Å². The van der Waals surface area contributed by atoms with Gasteiger partial charge in [-0.3, -0.25) is 9.59 Å². The smallest absolute Gasteiger partial charge is 0.323 e. The number of carbonyl (C=O) groups is 2. The van der Waals surface area contributed by atoms with Crippen LogP contribution >= 0.6 is 31.9 Å². The number of benzene rings is 2. The van der Waals surface area contributed by atoms with Gasteiger partial charge in [-0.25, -0.2) is 8.42 Å². The van der Waals surface area contributed by atoms with E-state index in [4.69, 9.17) is 9.47 Å². The average molecular weight is 632 g/mol. The van der Waals surface area contributed by atoms with E-state index < -0.39 is 35.7 Å². The molecule has 2 aromatic carbocycles. The third kappa shape index (κ3) is 7.17. The Balaban J connectivity index is 2.24. The van der Waals surface area contributed by atoms with Crippen LogP contribution in [0, 0.1) is 0 Å². The van der Waals surface area contributed by atoms with Crippen LogP contribution in [-0.2, 0) is 29.8 Å². The first-order valence-corrected chi connectivity index (χ1v) is 14.1. The van der Waals surface area contributed by atoms with Crippen molar-refractivity contribution < 1.29 is 27.5 Å². The van der Waals surface area contributed by atoms with Gasteiger partial charge in [-0.2, -0.15) is 0 Å². The Morgan fingerprint density at radius 1 is 0.714 bits per heavy atom. The third-order valence-electron chi connectivity index (χ3n) is 5.29. The van der Waals surface area contributed by atoms with Crippen molar-refractivity contribution in [2.24, 2.45) is 0 Å². The lowest BCUT2D eigenvalue weighted by Gasteiger charge is -2.30. The number of hydrogen-bond donors (Lipinski definition) is 0. The summed E-state index contributed by atoms with van der Waals surface area (Å²) in [5.41, 5.74) is -1.40. The number of halogens is 2. The molecule has 0 bridgehead atoms. The molecule has 0 saturated heterocycles. The van der Waals surface area contributed by atoms with Gasteiger partial charge in [-0.05, 0) is 97.4 Å². The lowest BCUT2D eigenvalue weighted by molar-refractivity contribution is -0.159. The minimum absolute atomic E-state index is 0.0919. The molecular formula is C26H32Br2O6S. The molecule has 0 unspecified atom stereocenters. The Morgan fingerprint density at radius 2 is 1.14 bits per heavy atom. The van der Waals surface area contributed by atoms with Crippen molar-refractivity contribution in [1.29, 1.82) is 0 Å². The van der Waals surface area contributed by atoms with E-state index in [1.165, 1.54) is 36.4 Å². The predicted octanol–water partition coefficient (Wildman–Crippen LogP) is 6.37. The number of alkyl halides is 2. The Bertz CT molecular complexity index is 1180. The molecule has 35 heavy (non-hydrogen) atoms. The van der Waals surface area contributed by atoms with Crippen LogP contribution in [0.3, 0.4) is 0 Å². The van der Waals surface area contributed by atoms with Crippen LogP contribution in [0.15, 0.2) is 58.3 Å². The third-order valence-corrected chi connectivity index (χ3v) is 7.76. The molecule has 0 saturated carbocycles. The highest BCUT2D eigenvalue weighted by atomic mass is 79.9. The van der Waals surface area contributed by atoms with Crippen molar-refractivity contribution in [2.45, 2.75) is 85.0 Å². The highest BCUT2D eigenvalue weighted by molar-refractivity contribution is 9.10. The van der Waals surface area contributed by atoms with E-state index >= 15 is 0 Å². The molecule has 0 aliphatic carbocycles. The maximum absolute atomic E-state index is 13.1. The number of ketones is 1. The summed E-state index contributed by atoms with van der Waals surface area (Å²) in [5.74, 6) is -0.186. The zero-order valence-electron chi connectivity index (χ0n) is 21.2. The molecule has 0 aromatic heterocycles. The van der Waals surface area contributed by atoms with Crippen molar-refractivity contribution >= 4 is 53.4 Å². The van der Waals surface area contributed by atoms with Crippen LogP contribution < -0.4 is 4.74 Å². The van der Waals surface area contributed by atoms with Gasteiger partial charge in [0.05, 0.1) is 14.1 Å². The Kier molecular flexibility index (Phi) is 8.42. The zero-order chi connectivity index (χ0) is 27.0. The van der Waals surface area contributed by atoms with Crippen LogP contribution in [0.2, 0.25) is 0 Å². The van der Waals surface area contributed by atoms with Gasteiger partial charge in [0.1, 0.15) is 15.7 Å². The van der Waals surface area contributed by atoms with Gasteiger partial charge in [0.15, 0.2) is 11.4 Å². The van der Waals surface area contributed by atoms with E-state index in [1.54, 1.807) is 67.5 Å². The number of rotatable bonds is 9. The van der Waals surface area contributed by atoms with Crippen molar-refractivity contribution in [3.63, 3.8) is 0 Å². The van der Waals surface area contributed by atoms with Crippen LogP contribution in [-0.4, -0.2) is 34.4 Å². The Morgan fingerprint density at radius 3 is 1.54 bits per heavy atom. The molecule has 192 valence electrons. The number of sulfone groups is 1. The van der Waals surface area contributed by atoms with Crippen molar-refractivity contribution in [3.05, 3.63) is 54.1 Å². The summed E-state index contributed by atoms with van der Waals surface area (Å²) in [4.78, 5) is 25.1. The number of ether oxygens (including phenoxy) is 2. The standard InChI is InChI=1S/C26H32Br2O6S/c1-23(2,27)21(29)26(7,8)33-18-11-15-20(16-12-18)35(31,32)19-13-9-17(10-14-19)25(5,6)34-22(30)24(3,4)28/h9-16H,1-8H3. The van der Waals surface area contributed by atoms with E-state index in [0.29, 0.717) is 11.3 Å². The van der Waals surface area contributed by atoms with Gasteiger partial charge >= 0.3 is 5.97 Å².